The van der Waals surface area contributed by atoms with Crippen LogP contribution in [0.2, 0.25) is 0 Å². The lowest BCUT2D eigenvalue weighted by atomic mass is 9.96. The number of rotatable bonds is 3. The van der Waals surface area contributed by atoms with Gasteiger partial charge in [-0.05, 0) is 24.5 Å². The van der Waals surface area contributed by atoms with Crippen molar-refractivity contribution in [2.24, 2.45) is 0 Å². The molecule has 0 spiro atoms. The number of nitrogens with one attached hydrogen (secondary N) is 1. The van der Waals surface area contributed by atoms with Crippen LogP contribution < -0.4 is 5.32 Å². The summed E-state index contributed by atoms with van der Waals surface area (Å²) in [7, 11) is 0. The second kappa shape index (κ2) is 6.15. The van der Waals surface area contributed by atoms with Crippen molar-refractivity contribution in [1.29, 1.82) is 0 Å². The SMILES string of the molecule is C[C@H]1CN(C(=O)C[C@H](C)c2ccccc2F)CCN1. The Morgan fingerprint density at radius 1 is 1.53 bits per heavy atom. The van der Waals surface area contributed by atoms with Crippen LogP contribution in [0, 0.1) is 5.82 Å². The molecule has 0 radical (unpaired) electrons. The Labute approximate surface area is 113 Å². The number of hydrogen-bond donors (Lipinski definition) is 1. The van der Waals surface area contributed by atoms with Crippen LogP contribution in [0.4, 0.5) is 4.39 Å². The van der Waals surface area contributed by atoms with E-state index in [-0.39, 0.29) is 17.6 Å². The number of halogens is 1. The highest BCUT2D eigenvalue weighted by atomic mass is 19.1. The van der Waals surface area contributed by atoms with E-state index in [0.29, 0.717) is 18.0 Å². The van der Waals surface area contributed by atoms with Crippen LogP contribution in [0.1, 0.15) is 31.7 Å². The van der Waals surface area contributed by atoms with E-state index < -0.39 is 0 Å². The normalized spacial score (nSPS) is 21.2. The summed E-state index contributed by atoms with van der Waals surface area (Å²) in [4.78, 5) is 14.1. The molecule has 0 saturated carbocycles. The van der Waals surface area contributed by atoms with Gasteiger partial charge in [0.1, 0.15) is 5.82 Å². The lowest BCUT2D eigenvalue weighted by Gasteiger charge is -2.32. The fourth-order valence-electron chi connectivity index (χ4n) is 2.53. The maximum Gasteiger partial charge on any atom is 0.223 e. The third-order valence-corrected chi connectivity index (χ3v) is 3.64. The molecule has 1 amide bonds. The van der Waals surface area contributed by atoms with Gasteiger partial charge in [-0.15, -0.1) is 0 Å². The van der Waals surface area contributed by atoms with Gasteiger partial charge in [-0.1, -0.05) is 25.1 Å². The lowest BCUT2D eigenvalue weighted by molar-refractivity contribution is -0.132. The zero-order chi connectivity index (χ0) is 13.8. The average molecular weight is 264 g/mol. The molecular weight excluding hydrogens is 243 g/mol. The molecule has 0 bridgehead atoms. The molecule has 0 unspecified atom stereocenters. The molecule has 0 aromatic heterocycles. The topological polar surface area (TPSA) is 32.3 Å². The predicted molar refractivity (Wildman–Crippen MR) is 73.5 cm³/mol. The maximum atomic E-state index is 13.7. The molecule has 104 valence electrons. The van der Waals surface area contributed by atoms with Gasteiger partial charge in [-0.3, -0.25) is 4.79 Å². The van der Waals surface area contributed by atoms with Crippen molar-refractivity contribution in [1.82, 2.24) is 10.2 Å². The molecule has 1 N–H and O–H groups in total. The molecular formula is C15H21FN2O. The summed E-state index contributed by atoms with van der Waals surface area (Å²) < 4.78 is 13.7. The summed E-state index contributed by atoms with van der Waals surface area (Å²) in [6, 6.07) is 7.02. The van der Waals surface area contributed by atoms with Gasteiger partial charge < -0.3 is 10.2 Å². The van der Waals surface area contributed by atoms with Crippen molar-refractivity contribution in [3.05, 3.63) is 35.6 Å². The van der Waals surface area contributed by atoms with Crippen LogP contribution in [0.5, 0.6) is 0 Å². The number of nitrogens with zero attached hydrogens (tertiary/aromatic N) is 1. The summed E-state index contributed by atoms with van der Waals surface area (Å²) >= 11 is 0. The Morgan fingerprint density at radius 3 is 2.95 bits per heavy atom. The molecule has 19 heavy (non-hydrogen) atoms. The molecule has 1 aliphatic heterocycles. The first-order chi connectivity index (χ1) is 9.08. The minimum Gasteiger partial charge on any atom is -0.340 e. The van der Waals surface area contributed by atoms with E-state index in [9.17, 15) is 9.18 Å². The highest BCUT2D eigenvalue weighted by Gasteiger charge is 2.23. The van der Waals surface area contributed by atoms with Crippen LogP contribution in [0.25, 0.3) is 0 Å². The van der Waals surface area contributed by atoms with E-state index in [1.54, 1.807) is 12.1 Å². The monoisotopic (exact) mass is 264 g/mol. The van der Waals surface area contributed by atoms with E-state index in [1.807, 2.05) is 17.9 Å². The Kier molecular flexibility index (Phi) is 4.53. The summed E-state index contributed by atoms with van der Waals surface area (Å²) in [6.45, 7) is 6.29. The highest BCUT2D eigenvalue weighted by Crippen LogP contribution is 2.22. The number of amides is 1. The molecule has 1 aromatic rings. The largest absolute Gasteiger partial charge is 0.340 e. The Morgan fingerprint density at radius 2 is 2.26 bits per heavy atom. The zero-order valence-electron chi connectivity index (χ0n) is 11.5. The van der Waals surface area contributed by atoms with Crippen molar-refractivity contribution >= 4 is 5.91 Å². The first kappa shape index (κ1) is 14.0. The van der Waals surface area contributed by atoms with E-state index in [0.717, 1.165) is 19.6 Å². The number of hydrogen-bond acceptors (Lipinski definition) is 2. The molecule has 3 nitrogen and oxygen atoms in total. The Hall–Kier alpha value is -1.42. The molecule has 1 heterocycles. The van der Waals surface area contributed by atoms with Gasteiger partial charge in [0.15, 0.2) is 0 Å². The van der Waals surface area contributed by atoms with Crippen LogP contribution in [-0.2, 0) is 4.79 Å². The first-order valence-corrected chi connectivity index (χ1v) is 6.83. The number of carbonyl (C=O) groups excluding carboxylic acids is 1. The second-order valence-corrected chi connectivity index (χ2v) is 5.32. The number of piperazine rings is 1. The number of carbonyl (C=O) groups is 1. The van der Waals surface area contributed by atoms with E-state index >= 15 is 0 Å². The van der Waals surface area contributed by atoms with Gasteiger partial charge in [-0.25, -0.2) is 4.39 Å². The molecule has 1 aromatic carbocycles. The van der Waals surface area contributed by atoms with Crippen molar-refractivity contribution in [2.45, 2.75) is 32.2 Å². The van der Waals surface area contributed by atoms with Crippen molar-refractivity contribution in [3.8, 4) is 0 Å². The van der Waals surface area contributed by atoms with Crippen LogP contribution >= 0.6 is 0 Å². The van der Waals surface area contributed by atoms with Crippen molar-refractivity contribution < 1.29 is 9.18 Å². The van der Waals surface area contributed by atoms with Crippen LogP contribution in [0.15, 0.2) is 24.3 Å². The van der Waals surface area contributed by atoms with Crippen molar-refractivity contribution in [2.75, 3.05) is 19.6 Å². The third-order valence-electron chi connectivity index (χ3n) is 3.64. The minimum atomic E-state index is -0.225. The minimum absolute atomic E-state index is 0.0844. The van der Waals surface area contributed by atoms with Gasteiger partial charge in [0, 0.05) is 32.1 Å². The molecule has 2 rings (SSSR count). The molecule has 4 heteroatoms. The van der Waals surface area contributed by atoms with Gasteiger partial charge in [0.25, 0.3) is 0 Å². The van der Waals surface area contributed by atoms with Crippen LogP contribution in [-0.4, -0.2) is 36.5 Å². The van der Waals surface area contributed by atoms with Crippen LogP contribution in [0.3, 0.4) is 0 Å². The summed E-state index contributed by atoms with van der Waals surface area (Å²) in [5.41, 5.74) is 0.624. The fraction of sp³-hybridized carbons (Fsp3) is 0.533. The van der Waals surface area contributed by atoms with Gasteiger partial charge >= 0.3 is 0 Å². The van der Waals surface area contributed by atoms with Gasteiger partial charge in [0.2, 0.25) is 5.91 Å². The molecule has 1 aliphatic rings. The Balaban J connectivity index is 1.97. The predicted octanol–water partition coefficient (Wildman–Crippen LogP) is 2.14. The van der Waals surface area contributed by atoms with E-state index in [1.165, 1.54) is 6.07 Å². The summed E-state index contributed by atoms with van der Waals surface area (Å²) in [5.74, 6) is -0.195. The quantitative estimate of drug-likeness (QED) is 0.907. The maximum absolute atomic E-state index is 13.7. The fourth-order valence-corrected chi connectivity index (χ4v) is 2.53. The summed E-state index contributed by atoms with van der Waals surface area (Å²) in [5, 5.41) is 3.31. The van der Waals surface area contributed by atoms with E-state index in [4.69, 9.17) is 0 Å². The third kappa shape index (κ3) is 3.53. The summed E-state index contributed by atoms with van der Waals surface area (Å²) in [6.07, 6.45) is 0.369. The average Bonchev–Trinajstić information content (AvgIpc) is 2.39. The lowest BCUT2D eigenvalue weighted by Crippen LogP contribution is -2.51. The number of benzene rings is 1. The molecule has 0 aliphatic carbocycles. The molecule has 2 atom stereocenters. The Bertz CT molecular complexity index is 450. The second-order valence-electron chi connectivity index (χ2n) is 5.32. The highest BCUT2D eigenvalue weighted by molar-refractivity contribution is 5.77. The van der Waals surface area contributed by atoms with Gasteiger partial charge in [-0.2, -0.15) is 0 Å². The molecule has 1 saturated heterocycles. The zero-order valence-corrected chi connectivity index (χ0v) is 11.5. The van der Waals surface area contributed by atoms with Gasteiger partial charge in [0.05, 0.1) is 0 Å². The smallest absolute Gasteiger partial charge is 0.223 e. The first-order valence-electron chi connectivity index (χ1n) is 6.83. The van der Waals surface area contributed by atoms with Crippen molar-refractivity contribution in [3.63, 3.8) is 0 Å². The molecule has 1 fully saturated rings. The standard InChI is InChI=1S/C15H21FN2O/c1-11(13-5-3-4-6-14(13)16)9-15(19)18-8-7-17-12(2)10-18/h3-6,11-12,17H,7-10H2,1-2H3/t11-,12-/m0/s1. The van der Waals surface area contributed by atoms with E-state index in [2.05, 4.69) is 12.2 Å².